The predicted molar refractivity (Wildman–Crippen MR) is 56.6 cm³/mol. The van der Waals surface area contributed by atoms with Gasteiger partial charge in [-0.25, -0.2) is 4.39 Å². The lowest BCUT2D eigenvalue weighted by Gasteiger charge is -2.05. The summed E-state index contributed by atoms with van der Waals surface area (Å²) in [7, 11) is 0. The van der Waals surface area contributed by atoms with Crippen LogP contribution in [-0.4, -0.2) is 10.9 Å². The lowest BCUT2D eigenvalue weighted by Crippen LogP contribution is -2.03. The van der Waals surface area contributed by atoms with E-state index in [4.69, 9.17) is 0 Å². The van der Waals surface area contributed by atoms with Gasteiger partial charge in [-0.05, 0) is 18.4 Å². The van der Waals surface area contributed by atoms with Crippen LogP contribution in [0.2, 0.25) is 0 Å². The number of allylic oxidation sites excluding steroid dienone is 1. The van der Waals surface area contributed by atoms with Gasteiger partial charge in [-0.1, -0.05) is 24.3 Å². The highest BCUT2D eigenvalue weighted by molar-refractivity contribution is 6.14. The molecule has 0 amide bonds. The van der Waals surface area contributed by atoms with Crippen molar-refractivity contribution in [2.75, 3.05) is 0 Å². The third kappa shape index (κ3) is 1.25. The van der Waals surface area contributed by atoms with Crippen LogP contribution >= 0.6 is 0 Å². The van der Waals surface area contributed by atoms with Crippen LogP contribution in [-0.2, 0) is 0 Å². The predicted octanol–water partition coefficient (Wildman–Crippen LogP) is 2.55. The van der Waals surface area contributed by atoms with E-state index < -0.39 is 11.9 Å². The van der Waals surface area contributed by atoms with Crippen molar-refractivity contribution in [3.05, 3.63) is 46.8 Å². The number of aliphatic hydroxyl groups excluding tert-OH is 1. The summed E-state index contributed by atoms with van der Waals surface area (Å²) >= 11 is 0. The van der Waals surface area contributed by atoms with Crippen LogP contribution in [0.25, 0.3) is 0 Å². The second-order valence-corrected chi connectivity index (χ2v) is 4.35. The highest BCUT2D eigenvalue weighted by Crippen LogP contribution is 2.45. The topological polar surface area (TPSA) is 37.3 Å². The fourth-order valence-electron chi connectivity index (χ4n) is 2.16. The Labute approximate surface area is 92.4 Å². The number of ketones is 1. The van der Waals surface area contributed by atoms with Gasteiger partial charge in [-0.2, -0.15) is 0 Å². The van der Waals surface area contributed by atoms with Crippen molar-refractivity contribution in [2.24, 2.45) is 5.92 Å². The number of hydrogen-bond donors (Lipinski definition) is 1. The van der Waals surface area contributed by atoms with Gasteiger partial charge in [-0.3, -0.25) is 4.79 Å². The Morgan fingerprint density at radius 2 is 2.00 bits per heavy atom. The van der Waals surface area contributed by atoms with E-state index >= 15 is 0 Å². The average Bonchev–Trinajstić information content (AvgIpc) is 3.09. The molecule has 0 aliphatic heterocycles. The molecule has 1 unspecified atom stereocenters. The summed E-state index contributed by atoms with van der Waals surface area (Å²) < 4.78 is 13.9. The normalized spacial score (nSPS) is 26.9. The smallest absolute Gasteiger partial charge is 0.194 e. The largest absolute Gasteiger partial charge is 0.383 e. The molecule has 2 aliphatic carbocycles. The maximum Gasteiger partial charge on any atom is 0.194 e. The maximum atomic E-state index is 13.9. The van der Waals surface area contributed by atoms with Gasteiger partial charge < -0.3 is 5.11 Å². The van der Waals surface area contributed by atoms with E-state index in [1.807, 2.05) is 0 Å². The third-order valence-corrected chi connectivity index (χ3v) is 3.21. The minimum absolute atomic E-state index is 0.0382. The molecule has 1 aromatic rings. The van der Waals surface area contributed by atoms with Gasteiger partial charge in [-0.15, -0.1) is 0 Å². The van der Waals surface area contributed by atoms with Crippen molar-refractivity contribution in [3.8, 4) is 0 Å². The zero-order chi connectivity index (χ0) is 11.3. The van der Waals surface area contributed by atoms with Crippen molar-refractivity contribution in [3.63, 3.8) is 0 Å². The van der Waals surface area contributed by atoms with E-state index in [-0.39, 0.29) is 17.3 Å². The molecule has 2 aliphatic rings. The quantitative estimate of drug-likeness (QED) is 0.735. The van der Waals surface area contributed by atoms with Crippen molar-refractivity contribution in [1.82, 2.24) is 0 Å². The van der Waals surface area contributed by atoms with Crippen LogP contribution in [0.5, 0.6) is 0 Å². The second kappa shape index (κ2) is 3.25. The summed E-state index contributed by atoms with van der Waals surface area (Å²) in [6.45, 7) is 0. The van der Waals surface area contributed by atoms with Crippen LogP contribution in [0.15, 0.2) is 35.7 Å². The third-order valence-electron chi connectivity index (χ3n) is 3.21. The molecular weight excluding hydrogens is 207 g/mol. The van der Waals surface area contributed by atoms with E-state index in [0.29, 0.717) is 11.1 Å². The molecule has 3 rings (SSSR count). The number of carbonyl (C=O) groups excluding carboxylic acids is 1. The van der Waals surface area contributed by atoms with Crippen molar-refractivity contribution < 1.29 is 14.3 Å². The van der Waals surface area contributed by atoms with E-state index in [9.17, 15) is 14.3 Å². The standard InChI is InChI=1S/C13H11FO2/c14-11(7-5-6-7)10-12(15)8-3-1-2-4-9(8)13(10)16/h1-4,7,12,15H,5-6H2. The Hall–Kier alpha value is -1.48. The lowest BCUT2D eigenvalue weighted by molar-refractivity contribution is 0.101. The van der Waals surface area contributed by atoms with Gasteiger partial charge in [0.2, 0.25) is 0 Å². The monoisotopic (exact) mass is 218 g/mol. The summed E-state index contributed by atoms with van der Waals surface area (Å²) in [5.41, 5.74) is 0.919. The van der Waals surface area contributed by atoms with E-state index in [1.165, 1.54) is 0 Å². The molecule has 1 aromatic carbocycles. The lowest BCUT2D eigenvalue weighted by atomic mass is 10.1. The molecule has 0 radical (unpaired) electrons. The minimum Gasteiger partial charge on any atom is -0.383 e. The van der Waals surface area contributed by atoms with Gasteiger partial charge in [0.25, 0.3) is 0 Å². The van der Waals surface area contributed by atoms with E-state index in [0.717, 1.165) is 12.8 Å². The maximum absolute atomic E-state index is 13.9. The SMILES string of the molecule is O=C1C(=C(F)C2CC2)C(O)c2ccccc21. The molecule has 1 fully saturated rings. The van der Waals surface area contributed by atoms with Gasteiger partial charge in [0.1, 0.15) is 11.9 Å². The first-order valence-corrected chi connectivity index (χ1v) is 5.41. The molecule has 82 valence electrons. The van der Waals surface area contributed by atoms with E-state index in [1.54, 1.807) is 24.3 Å². The van der Waals surface area contributed by atoms with Gasteiger partial charge in [0.15, 0.2) is 5.78 Å². The summed E-state index contributed by atoms with van der Waals surface area (Å²) in [5, 5.41) is 9.94. The van der Waals surface area contributed by atoms with Gasteiger partial charge >= 0.3 is 0 Å². The van der Waals surface area contributed by atoms with Gasteiger partial charge in [0.05, 0.1) is 5.57 Å². The Morgan fingerprint density at radius 3 is 2.62 bits per heavy atom. The van der Waals surface area contributed by atoms with Gasteiger partial charge in [0, 0.05) is 11.5 Å². The number of halogens is 1. The first kappa shape index (κ1) is 9.73. The summed E-state index contributed by atoms with van der Waals surface area (Å²) in [4.78, 5) is 11.9. The molecule has 0 spiro atoms. The summed E-state index contributed by atoms with van der Waals surface area (Å²) in [6, 6.07) is 6.77. The number of Topliss-reactive ketones (excluding diaryl/α,β-unsaturated/α-hetero) is 1. The molecule has 1 N–H and O–H groups in total. The van der Waals surface area contributed by atoms with Crippen LogP contribution in [0, 0.1) is 5.92 Å². The first-order valence-electron chi connectivity index (χ1n) is 5.41. The number of fused-ring (bicyclic) bond motifs is 1. The highest BCUT2D eigenvalue weighted by atomic mass is 19.1. The Kier molecular flexibility index (Phi) is 1.98. The average molecular weight is 218 g/mol. The van der Waals surface area contributed by atoms with E-state index in [2.05, 4.69) is 0 Å². The summed E-state index contributed by atoms with van der Waals surface area (Å²) in [6.07, 6.45) is 0.487. The second-order valence-electron chi connectivity index (χ2n) is 4.35. The first-order chi connectivity index (χ1) is 7.70. The molecule has 16 heavy (non-hydrogen) atoms. The Morgan fingerprint density at radius 1 is 1.31 bits per heavy atom. The highest BCUT2D eigenvalue weighted by Gasteiger charge is 2.40. The number of rotatable bonds is 1. The number of hydrogen-bond acceptors (Lipinski definition) is 2. The zero-order valence-electron chi connectivity index (χ0n) is 8.61. The number of carbonyl (C=O) groups is 1. The molecule has 2 nitrogen and oxygen atoms in total. The fourth-order valence-corrected chi connectivity index (χ4v) is 2.16. The molecule has 0 saturated heterocycles. The fraction of sp³-hybridized carbons (Fsp3) is 0.308. The van der Waals surface area contributed by atoms with Crippen LogP contribution in [0.3, 0.4) is 0 Å². The Balaban J connectivity index is 2.14. The Bertz CT molecular complexity index is 500. The molecule has 3 heteroatoms. The minimum atomic E-state index is -1.08. The molecular formula is C13H11FO2. The molecule has 0 bridgehead atoms. The van der Waals surface area contributed by atoms with Crippen molar-refractivity contribution in [2.45, 2.75) is 18.9 Å². The van der Waals surface area contributed by atoms with Crippen LogP contribution in [0.4, 0.5) is 4.39 Å². The molecule has 1 saturated carbocycles. The molecule has 1 atom stereocenters. The molecule has 0 heterocycles. The molecule has 0 aromatic heterocycles. The summed E-state index contributed by atoms with van der Waals surface area (Å²) in [5.74, 6) is -0.899. The number of benzene rings is 1. The van der Waals surface area contributed by atoms with Crippen molar-refractivity contribution in [1.29, 1.82) is 0 Å². The number of aliphatic hydroxyl groups is 1. The van der Waals surface area contributed by atoms with Crippen molar-refractivity contribution >= 4 is 5.78 Å². The van der Waals surface area contributed by atoms with Crippen LogP contribution in [0.1, 0.15) is 34.9 Å². The van der Waals surface area contributed by atoms with Crippen LogP contribution < -0.4 is 0 Å². The zero-order valence-corrected chi connectivity index (χ0v) is 8.61.